The zero-order chi connectivity index (χ0) is 29.5. The second-order valence-electron chi connectivity index (χ2n) is 11.6. The second kappa shape index (κ2) is 11.0. The van der Waals surface area contributed by atoms with Crippen LogP contribution in [0.3, 0.4) is 0 Å². The molecule has 1 N–H and O–H groups in total. The van der Waals surface area contributed by atoms with Crippen molar-refractivity contribution in [2.75, 3.05) is 19.8 Å². The molecule has 2 bridgehead atoms. The molecule has 11 heteroatoms. The highest BCUT2D eigenvalue weighted by molar-refractivity contribution is 5.98. The van der Waals surface area contributed by atoms with Gasteiger partial charge < -0.3 is 24.4 Å². The number of ether oxygens (including phenoxy) is 2. The molecule has 0 radical (unpaired) electrons. The van der Waals surface area contributed by atoms with Gasteiger partial charge in [0.1, 0.15) is 29.7 Å². The Hall–Kier alpha value is -3.57. The molecule has 3 aliphatic rings. The van der Waals surface area contributed by atoms with E-state index in [0.29, 0.717) is 24.8 Å². The van der Waals surface area contributed by atoms with Crippen molar-refractivity contribution in [3.8, 4) is 0 Å². The van der Waals surface area contributed by atoms with Gasteiger partial charge in [-0.3, -0.25) is 14.4 Å². The van der Waals surface area contributed by atoms with E-state index in [1.165, 1.54) is 4.90 Å². The van der Waals surface area contributed by atoms with E-state index < -0.39 is 41.1 Å². The van der Waals surface area contributed by atoms with Crippen molar-refractivity contribution in [3.63, 3.8) is 0 Å². The lowest BCUT2D eigenvalue weighted by Crippen LogP contribution is -2.58. The van der Waals surface area contributed by atoms with Gasteiger partial charge in [-0.15, -0.1) is 18.3 Å². The molecule has 3 fully saturated rings. The first kappa shape index (κ1) is 28.9. The number of unbranched alkanes of at least 4 members (excludes halogenated alkanes) is 1. The number of allylic oxidation sites excluding steroid dienone is 1. The lowest BCUT2D eigenvalue weighted by atomic mass is 9.62. The van der Waals surface area contributed by atoms with Crippen LogP contribution in [-0.2, 0) is 30.5 Å². The van der Waals surface area contributed by atoms with Crippen LogP contribution in [0.25, 0.3) is 11.0 Å². The minimum atomic E-state index is -1.25. The number of carbonyl (C=O) groups excluding carboxylic acids is 3. The topological polar surface area (TPSA) is 127 Å². The molecule has 0 aliphatic carbocycles. The van der Waals surface area contributed by atoms with Crippen molar-refractivity contribution in [1.29, 1.82) is 0 Å². The number of likely N-dealkylation sites (tertiary alicyclic amines) is 1. The van der Waals surface area contributed by atoms with Gasteiger partial charge in [0.05, 0.1) is 36.3 Å². The zero-order valence-electron chi connectivity index (χ0n) is 23.9. The van der Waals surface area contributed by atoms with Crippen molar-refractivity contribution in [3.05, 3.63) is 49.6 Å². The lowest BCUT2D eigenvalue weighted by molar-refractivity contribution is -0.164. The maximum absolute atomic E-state index is 14.6. The lowest BCUT2D eigenvalue weighted by Gasteiger charge is -2.38. The van der Waals surface area contributed by atoms with Crippen molar-refractivity contribution in [1.82, 2.24) is 24.8 Å². The number of aromatic nitrogens is 3. The van der Waals surface area contributed by atoms with Crippen LogP contribution in [0.2, 0.25) is 0 Å². The summed E-state index contributed by atoms with van der Waals surface area (Å²) in [6.45, 7) is 13.2. The predicted molar refractivity (Wildman–Crippen MR) is 150 cm³/mol. The van der Waals surface area contributed by atoms with Gasteiger partial charge in [-0.2, -0.15) is 0 Å². The number of aliphatic hydroxyl groups excluding tert-OH is 1. The molecule has 1 aromatic heterocycles. The van der Waals surface area contributed by atoms with Gasteiger partial charge in [0.15, 0.2) is 0 Å². The Kier molecular flexibility index (Phi) is 7.78. The predicted octanol–water partition coefficient (Wildman–Crippen LogP) is 2.30. The smallest absolute Gasteiger partial charge is 0.312 e. The van der Waals surface area contributed by atoms with E-state index in [1.807, 2.05) is 38.1 Å². The fraction of sp³-hybridized carbons (Fsp3) is 0.567. The van der Waals surface area contributed by atoms with Gasteiger partial charge in [-0.05, 0) is 51.2 Å². The number of aliphatic hydroxyl groups is 1. The molecule has 4 heterocycles. The van der Waals surface area contributed by atoms with Crippen LogP contribution in [0.4, 0.5) is 0 Å². The largest absolute Gasteiger partial charge is 0.465 e. The minimum Gasteiger partial charge on any atom is -0.465 e. The van der Waals surface area contributed by atoms with Crippen LogP contribution < -0.4 is 0 Å². The van der Waals surface area contributed by atoms with Crippen molar-refractivity contribution < 1.29 is 29.0 Å². The summed E-state index contributed by atoms with van der Waals surface area (Å²) in [6.07, 6.45) is 5.12. The van der Waals surface area contributed by atoms with E-state index in [4.69, 9.17) is 9.47 Å². The summed E-state index contributed by atoms with van der Waals surface area (Å²) in [6, 6.07) is 5.71. The minimum absolute atomic E-state index is 0.0692. The molecule has 3 aliphatic heterocycles. The summed E-state index contributed by atoms with van der Waals surface area (Å²) >= 11 is 0. The van der Waals surface area contributed by atoms with E-state index in [9.17, 15) is 19.5 Å². The molecule has 41 heavy (non-hydrogen) atoms. The molecule has 2 aromatic rings. The molecule has 2 amide bonds. The number of hydrogen-bond acceptors (Lipinski definition) is 8. The molecular weight excluding hydrogens is 526 g/mol. The fourth-order valence-corrected chi connectivity index (χ4v) is 7.10. The normalized spacial score (nSPS) is 30.8. The number of rotatable bonds is 12. The number of para-hydroxylation sites is 1. The Morgan fingerprint density at radius 3 is 2.78 bits per heavy atom. The molecule has 5 rings (SSSR count). The molecule has 1 aromatic carbocycles. The van der Waals surface area contributed by atoms with Crippen LogP contribution in [0.5, 0.6) is 0 Å². The SMILES string of the molecule is C=CCCCOC(=O)[C@@H]1[C@H]2C(=O)N([C@H](C)CO)C(C(=O)N(CC=C)Cn3nnc4ccccc43)C23CC(C)[C@@]1(C)O3. The van der Waals surface area contributed by atoms with Crippen molar-refractivity contribution >= 4 is 28.8 Å². The van der Waals surface area contributed by atoms with E-state index in [2.05, 4.69) is 23.5 Å². The van der Waals surface area contributed by atoms with Crippen LogP contribution in [-0.4, -0.2) is 90.7 Å². The van der Waals surface area contributed by atoms with Gasteiger partial charge in [-0.1, -0.05) is 36.4 Å². The highest BCUT2D eigenvalue weighted by atomic mass is 16.6. The zero-order valence-corrected chi connectivity index (χ0v) is 23.9. The summed E-state index contributed by atoms with van der Waals surface area (Å²) in [7, 11) is 0. The van der Waals surface area contributed by atoms with E-state index in [0.717, 1.165) is 5.52 Å². The van der Waals surface area contributed by atoms with Gasteiger partial charge in [-0.25, -0.2) is 4.68 Å². The molecule has 0 saturated carbocycles. The van der Waals surface area contributed by atoms with Crippen LogP contribution in [0.1, 0.15) is 40.0 Å². The number of hydrogen-bond donors (Lipinski definition) is 1. The Morgan fingerprint density at radius 2 is 2.07 bits per heavy atom. The maximum atomic E-state index is 14.6. The van der Waals surface area contributed by atoms with E-state index in [1.54, 1.807) is 28.7 Å². The molecule has 220 valence electrons. The Morgan fingerprint density at radius 1 is 1.32 bits per heavy atom. The Labute approximate surface area is 239 Å². The summed E-state index contributed by atoms with van der Waals surface area (Å²) in [5.74, 6) is -3.14. The van der Waals surface area contributed by atoms with Crippen LogP contribution in [0, 0.1) is 17.8 Å². The summed E-state index contributed by atoms with van der Waals surface area (Å²) in [5, 5.41) is 18.6. The molecule has 11 nitrogen and oxygen atoms in total. The summed E-state index contributed by atoms with van der Waals surface area (Å²) in [4.78, 5) is 45.3. The third-order valence-corrected chi connectivity index (χ3v) is 9.16. The van der Waals surface area contributed by atoms with Gasteiger partial charge in [0.2, 0.25) is 11.8 Å². The number of carbonyl (C=O) groups is 3. The standard InChI is InChI=1S/C30H39N5O6/c1-6-8-11-15-40-28(39)24-23-26(37)35(20(4)17-36)25(30(23)16-19(3)29(24,5)41-30)27(38)33(14-7-2)18-34-22-13-10-9-12-21(22)31-32-34/h6-7,9-10,12-13,19-20,23-25,36H,1-2,8,11,14-18H2,3-5H3/t19?,20-,23+,24+,25?,29-,30?/m1/s1. The Bertz CT molecular complexity index is 1360. The molecule has 7 atom stereocenters. The van der Waals surface area contributed by atoms with Crippen LogP contribution >= 0.6 is 0 Å². The fourth-order valence-electron chi connectivity index (χ4n) is 7.10. The van der Waals surface area contributed by atoms with Crippen LogP contribution in [0.15, 0.2) is 49.6 Å². The van der Waals surface area contributed by atoms with Crippen molar-refractivity contribution in [2.24, 2.45) is 17.8 Å². The average Bonchev–Trinajstić information content (AvgIpc) is 3.63. The first-order valence-corrected chi connectivity index (χ1v) is 14.2. The second-order valence-corrected chi connectivity index (χ2v) is 11.6. The Balaban J connectivity index is 1.53. The number of benzene rings is 1. The van der Waals surface area contributed by atoms with Gasteiger partial charge in [0.25, 0.3) is 0 Å². The van der Waals surface area contributed by atoms with Gasteiger partial charge >= 0.3 is 5.97 Å². The number of amides is 2. The quantitative estimate of drug-likeness (QED) is 0.236. The summed E-state index contributed by atoms with van der Waals surface area (Å²) in [5.41, 5.74) is -0.779. The molecule has 1 spiro atoms. The first-order chi connectivity index (χ1) is 19.6. The first-order valence-electron chi connectivity index (χ1n) is 14.2. The molecule has 3 unspecified atom stereocenters. The molecular formula is C30H39N5O6. The third-order valence-electron chi connectivity index (χ3n) is 9.16. The maximum Gasteiger partial charge on any atom is 0.312 e. The monoisotopic (exact) mass is 565 g/mol. The van der Waals surface area contributed by atoms with E-state index >= 15 is 0 Å². The van der Waals surface area contributed by atoms with Crippen molar-refractivity contribution in [2.45, 2.75) is 70.0 Å². The highest BCUT2D eigenvalue weighted by Gasteiger charge is 2.80. The average molecular weight is 566 g/mol. The molecule has 3 saturated heterocycles. The number of fused-ring (bicyclic) bond motifs is 2. The van der Waals surface area contributed by atoms with Gasteiger partial charge in [0, 0.05) is 6.54 Å². The number of nitrogens with zero attached hydrogens (tertiary/aromatic N) is 5. The summed E-state index contributed by atoms with van der Waals surface area (Å²) < 4.78 is 14.0. The third kappa shape index (κ3) is 4.46. The van der Waals surface area contributed by atoms with E-state index in [-0.39, 0.29) is 44.2 Å². The highest BCUT2D eigenvalue weighted by Crippen LogP contribution is 2.65. The number of esters is 1.